The Morgan fingerprint density at radius 1 is 1.00 bits per heavy atom. The number of ether oxygens (including phenoxy) is 1. The first-order valence-electron chi connectivity index (χ1n) is 11.7. The quantitative estimate of drug-likeness (QED) is 0.204. The van der Waals surface area contributed by atoms with E-state index in [1.54, 1.807) is 18.2 Å². The van der Waals surface area contributed by atoms with Gasteiger partial charge in [0, 0.05) is 29.9 Å². The Balaban J connectivity index is 1.30. The smallest absolute Gasteiger partial charge is 0.338 e. The Morgan fingerprint density at radius 2 is 1.71 bits per heavy atom. The molecule has 0 aliphatic carbocycles. The zero-order valence-electron chi connectivity index (χ0n) is 19.3. The lowest BCUT2D eigenvalue weighted by Crippen LogP contribution is -2.19. The molecule has 1 aliphatic rings. The Kier molecular flexibility index (Phi) is 7.75. The second kappa shape index (κ2) is 11.3. The maximum atomic E-state index is 12.4. The number of unbranched alkanes of at least 4 members (excludes halogenated alkanes) is 1. The largest absolute Gasteiger partial charge is 0.462 e. The molecule has 2 heterocycles. The maximum absolute atomic E-state index is 12.4. The molecule has 1 N–H and O–H groups in total. The molecule has 0 radical (unpaired) electrons. The number of nitrogens with zero attached hydrogens (tertiary/aromatic N) is 2. The Morgan fingerprint density at radius 3 is 2.41 bits per heavy atom. The number of esters is 1. The first-order chi connectivity index (χ1) is 16.6. The molecule has 34 heavy (non-hydrogen) atoms. The van der Waals surface area contributed by atoms with E-state index in [0.717, 1.165) is 37.2 Å². The lowest BCUT2D eigenvalue weighted by atomic mass is 10.1. The van der Waals surface area contributed by atoms with Crippen molar-refractivity contribution in [3.05, 3.63) is 77.6 Å². The average molecular weight is 460 g/mol. The van der Waals surface area contributed by atoms with Crippen molar-refractivity contribution in [3.63, 3.8) is 0 Å². The summed E-state index contributed by atoms with van der Waals surface area (Å²) in [6, 6.07) is 18.2. The highest BCUT2D eigenvalue weighted by Crippen LogP contribution is 2.23. The molecular formula is C27H29N3O4. The number of anilines is 1. The zero-order chi connectivity index (χ0) is 23.8. The number of furan rings is 1. The van der Waals surface area contributed by atoms with Crippen LogP contribution in [0.25, 0.3) is 11.3 Å². The van der Waals surface area contributed by atoms with Crippen LogP contribution in [0.4, 0.5) is 5.69 Å². The van der Waals surface area contributed by atoms with Crippen molar-refractivity contribution in [1.82, 2.24) is 5.43 Å². The van der Waals surface area contributed by atoms with Gasteiger partial charge in [0.25, 0.3) is 5.91 Å². The SMILES string of the molecule is CCCCOC(=O)c1ccc(-c2ccc(/C=N\NC(=O)c3ccc(N4CCCC4)cc3)o2)cc1. The van der Waals surface area contributed by atoms with Crippen LogP contribution in [0.5, 0.6) is 0 Å². The Bertz CT molecular complexity index is 1130. The lowest BCUT2D eigenvalue weighted by Gasteiger charge is -2.17. The summed E-state index contributed by atoms with van der Waals surface area (Å²) in [4.78, 5) is 26.7. The molecule has 4 rings (SSSR count). The standard InChI is InChI=1S/C27H29N3O4/c1-2-3-18-33-27(32)22-8-6-20(7-9-22)25-15-14-24(34-25)19-28-29-26(31)21-10-12-23(13-11-21)30-16-4-5-17-30/h6-15,19H,2-5,16-18H2,1H3,(H,29,31)/b28-19-. The summed E-state index contributed by atoms with van der Waals surface area (Å²) in [6.45, 7) is 4.61. The lowest BCUT2D eigenvalue weighted by molar-refractivity contribution is 0.0499. The van der Waals surface area contributed by atoms with Gasteiger partial charge >= 0.3 is 5.97 Å². The van der Waals surface area contributed by atoms with Gasteiger partial charge in [-0.25, -0.2) is 10.2 Å². The van der Waals surface area contributed by atoms with Gasteiger partial charge in [-0.15, -0.1) is 0 Å². The number of carbonyl (C=O) groups excluding carboxylic acids is 2. The number of rotatable bonds is 9. The van der Waals surface area contributed by atoms with Gasteiger partial charge in [0.2, 0.25) is 0 Å². The van der Waals surface area contributed by atoms with Crippen molar-refractivity contribution < 1.29 is 18.7 Å². The third-order valence-corrected chi connectivity index (χ3v) is 5.72. The van der Waals surface area contributed by atoms with Crippen molar-refractivity contribution in [2.75, 3.05) is 24.6 Å². The molecule has 0 bridgehead atoms. The fourth-order valence-electron chi connectivity index (χ4n) is 3.76. The highest BCUT2D eigenvalue weighted by atomic mass is 16.5. The monoisotopic (exact) mass is 459 g/mol. The van der Waals surface area contributed by atoms with Gasteiger partial charge in [0.1, 0.15) is 11.5 Å². The van der Waals surface area contributed by atoms with Crippen molar-refractivity contribution in [1.29, 1.82) is 0 Å². The summed E-state index contributed by atoms with van der Waals surface area (Å²) in [5, 5.41) is 4.01. The molecular weight excluding hydrogens is 430 g/mol. The van der Waals surface area contributed by atoms with Crippen LogP contribution in [0.2, 0.25) is 0 Å². The van der Waals surface area contributed by atoms with Gasteiger partial charge in [-0.2, -0.15) is 5.10 Å². The number of amides is 1. The molecule has 0 spiro atoms. The molecule has 7 heteroatoms. The number of nitrogens with one attached hydrogen (secondary N) is 1. The van der Waals surface area contributed by atoms with E-state index in [2.05, 4.69) is 15.4 Å². The van der Waals surface area contributed by atoms with E-state index >= 15 is 0 Å². The highest BCUT2D eigenvalue weighted by Gasteiger charge is 2.13. The maximum Gasteiger partial charge on any atom is 0.338 e. The second-order valence-corrected chi connectivity index (χ2v) is 8.21. The minimum absolute atomic E-state index is 0.280. The zero-order valence-corrected chi connectivity index (χ0v) is 19.3. The van der Waals surface area contributed by atoms with Crippen LogP contribution < -0.4 is 10.3 Å². The molecule has 0 unspecified atom stereocenters. The minimum atomic E-state index is -0.325. The van der Waals surface area contributed by atoms with Gasteiger partial charge < -0.3 is 14.1 Å². The van der Waals surface area contributed by atoms with Crippen LogP contribution in [0.1, 0.15) is 59.1 Å². The van der Waals surface area contributed by atoms with Gasteiger partial charge in [0.15, 0.2) is 0 Å². The van der Waals surface area contributed by atoms with E-state index in [1.807, 2.05) is 49.4 Å². The van der Waals surface area contributed by atoms with E-state index in [4.69, 9.17) is 9.15 Å². The highest BCUT2D eigenvalue weighted by molar-refractivity contribution is 5.95. The summed E-state index contributed by atoms with van der Waals surface area (Å²) < 4.78 is 11.0. The molecule has 176 valence electrons. The van der Waals surface area contributed by atoms with Gasteiger partial charge in [-0.05, 0) is 67.8 Å². The first kappa shape index (κ1) is 23.3. The number of hydrogen-bond acceptors (Lipinski definition) is 6. The molecule has 1 aromatic heterocycles. The molecule has 1 fully saturated rings. The summed E-state index contributed by atoms with van der Waals surface area (Å²) in [6.07, 6.45) is 5.71. The van der Waals surface area contributed by atoms with Crippen LogP contribution in [0, 0.1) is 0 Å². The molecule has 3 aromatic rings. The van der Waals surface area contributed by atoms with Gasteiger partial charge in [-0.1, -0.05) is 25.5 Å². The molecule has 0 atom stereocenters. The fraction of sp³-hybridized carbons (Fsp3) is 0.296. The van der Waals surface area contributed by atoms with Crippen LogP contribution in [0.3, 0.4) is 0 Å². The van der Waals surface area contributed by atoms with Crippen molar-refractivity contribution >= 4 is 23.8 Å². The van der Waals surface area contributed by atoms with Crippen LogP contribution >= 0.6 is 0 Å². The second-order valence-electron chi connectivity index (χ2n) is 8.21. The molecule has 7 nitrogen and oxygen atoms in total. The van der Waals surface area contributed by atoms with E-state index in [0.29, 0.717) is 29.3 Å². The molecule has 1 amide bonds. The summed E-state index contributed by atoms with van der Waals surface area (Å²) >= 11 is 0. The molecule has 0 saturated carbocycles. The van der Waals surface area contributed by atoms with E-state index < -0.39 is 0 Å². The third-order valence-electron chi connectivity index (χ3n) is 5.72. The van der Waals surface area contributed by atoms with E-state index in [-0.39, 0.29) is 11.9 Å². The predicted molar refractivity (Wildman–Crippen MR) is 132 cm³/mol. The third kappa shape index (κ3) is 5.92. The summed E-state index contributed by atoms with van der Waals surface area (Å²) in [7, 11) is 0. The minimum Gasteiger partial charge on any atom is -0.462 e. The summed E-state index contributed by atoms with van der Waals surface area (Å²) in [5.41, 5.74) is 5.55. The number of hydrazone groups is 1. The number of carbonyl (C=O) groups is 2. The topological polar surface area (TPSA) is 84.1 Å². The molecule has 1 saturated heterocycles. The van der Waals surface area contributed by atoms with Crippen molar-refractivity contribution in [3.8, 4) is 11.3 Å². The van der Waals surface area contributed by atoms with Gasteiger partial charge in [-0.3, -0.25) is 4.79 Å². The van der Waals surface area contributed by atoms with Crippen LogP contribution in [-0.2, 0) is 4.74 Å². The molecule has 2 aromatic carbocycles. The van der Waals surface area contributed by atoms with Crippen molar-refractivity contribution in [2.45, 2.75) is 32.6 Å². The Hall–Kier alpha value is -3.87. The first-order valence-corrected chi connectivity index (χ1v) is 11.7. The van der Waals surface area contributed by atoms with Crippen LogP contribution in [-0.4, -0.2) is 37.8 Å². The van der Waals surface area contributed by atoms with Crippen molar-refractivity contribution in [2.24, 2.45) is 5.10 Å². The van der Waals surface area contributed by atoms with Gasteiger partial charge in [0.05, 0.1) is 18.4 Å². The number of benzene rings is 2. The average Bonchev–Trinajstić information content (AvgIpc) is 3.57. The normalized spacial score (nSPS) is 13.4. The predicted octanol–water partition coefficient (Wildman–Crippen LogP) is 5.27. The summed E-state index contributed by atoms with van der Waals surface area (Å²) in [5.74, 6) is 0.532. The Labute approximate surface area is 199 Å². The fourth-order valence-corrected chi connectivity index (χ4v) is 3.76. The van der Waals surface area contributed by atoms with Crippen LogP contribution in [0.15, 0.2) is 70.2 Å². The number of hydrogen-bond donors (Lipinski definition) is 1. The van der Waals surface area contributed by atoms with E-state index in [9.17, 15) is 9.59 Å². The van der Waals surface area contributed by atoms with E-state index in [1.165, 1.54) is 19.1 Å². The molecule has 1 aliphatic heterocycles.